The number of pyridine rings is 1. The summed E-state index contributed by atoms with van der Waals surface area (Å²) in [6, 6.07) is 7.75. The molecule has 1 aromatic carbocycles. The van der Waals surface area contributed by atoms with Crippen molar-refractivity contribution < 1.29 is 22.7 Å². The fourth-order valence-electron chi connectivity index (χ4n) is 4.81. The van der Waals surface area contributed by atoms with Crippen LogP contribution in [0.4, 0.5) is 24.5 Å². The van der Waals surface area contributed by atoms with Gasteiger partial charge in [-0.1, -0.05) is 13.8 Å². The van der Waals surface area contributed by atoms with Crippen molar-refractivity contribution in [1.82, 2.24) is 15.2 Å². The zero-order chi connectivity index (χ0) is 28.5. The Morgan fingerprint density at radius 3 is 2.51 bits per heavy atom. The molecule has 208 valence electrons. The Kier molecular flexibility index (Phi) is 8.16. The molecule has 2 saturated heterocycles. The molecule has 2 aliphatic heterocycles. The number of anilines is 2. The third kappa shape index (κ3) is 5.71. The SMILES string of the molecule is CC(C)c1cc(N2C(=S)N(c3cnc(C#N)c(C(F)(F)F)c3)C(=O)C2(C)C)ccc1OCCN1CCNCC1. The predicted molar refractivity (Wildman–Crippen MR) is 146 cm³/mol. The van der Waals surface area contributed by atoms with Crippen molar-refractivity contribution in [3.63, 3.8) is 0 Å². The Labute approximate surface area is 231 Å². The molecule has 4 rings (SSSR count). The molecule has 0 bridgehead atoms. The summed E-state index contributed by atoms with van der Waals surface area (Å²) < 4.78 is 46.9. The first-order chi connectivity index (χ1) is 18.4. The molecule has 8 nitrogen and oxygen atoms in total. The summed E-state index contributed by atoms with van der Waals surface area (Å²) in [5.41, 5.74) is -1.78. The molecular weight excluding hydrogens is 529 g/mol. The monoisotopic (exact) mass is 560 g/mol. The van der Waals surface area contributed by atoms with Crippen molar-refractivity contribution >= 4 is 34.6 Å². The van der Waals surface area contributed by atoms with Crippen LogP contribution >= 0.6 is 12.2 Å². The van der Waals surface area contributed by atoms with E-state index in [1.807, 2.05) is 26.0 Å². The lowest BCUT2D eigenvalue weighted by Gasteiger charge is -2.31. The van der Waals surface area contributed by atoms with Gasteiger partial charge >= 0.3 is 6.18 Å². The van der Waals surface area contributed by atoms with Crippen LogP contribution in [-0.2, 0) is 11.0 Å². The number of piperazine rings is 1. The van der Waals surface area contributed by atoms with Crippen LogP contribution in [-0.4, -0.2) is 65.8 Å². The van der Waals surface area contributed by atoms with Gasteiger partial charge in [0.25, 0.3) is 5.91 Å². The highest BCUT2D eigenvalue weighted by atomic mass is 32.1. The Morgan fingerprint density at radius 1 is 1.21 bits per heavy atom. The highest BCUT2D eigenvalue weighted by Gasteiger charge is 2.51. The van der Waals surface area contributed by atoms with Gasteiger partial charge in [0.1, 0.15) is 24.0 Å². The van der Waals surface area contributed by atoms with Gasteiger partial charge in [-0.15, -0.1) is 0 Å². The maximum absolute atomic E-state index is 13.6. The van der Waals surface area contributed by atoms with E-state index in [0.29, 0.717) is 12.3 Å². The maximum Gasteiger partial charge on any atom is 0.419 e. The van der Waals surface area contributed by atoms with Crippen molar-refractivity contribution in [3.05, 3.63) is 47.3 Å². The Morgan fingerprint density at radius 2 is 1.90 bits per heavy atom. The number of hydrogen-bond donors (Lipinski definition) is 1. The molecule has 0 unspecified atom stereocenters. The van der Waals surface area contributed by atoms with Gasteiger partial charge in [0.15, 0.2) is 10.8 Å². The van der Waals surface area contributed by atoms with Gasteiger partial charge in [-0.25, -0.2) is 4.98 Å². The van der Waals surface area contributed by atoms with Gasteiger partial charge in [0, 0.05) is 38.4 Å². The second-order valence-electron chi connectivity index (χ2n) is 10.3. The molecule has 1 N–H and O–H groups in total. The van der Waals surface area contributed by atoms with Crippen LogP contribution in [0.3, 0.4) is 0 Å². The van der Waals surface area contributed by atoms with Crippen LogP contribution in [0.15, 0.2) is 30.5 Å². The molecule has 12 heteroatoms. The standard InChI is InChI=1S/C27H31F3N6O2S/c1-17(2)20-13-18(5-6-23(20)38-12-11-34-9-7-32-8-10-34)36-25(39)35(24(37)26(36,3)4)19-14-21(27(28,29)30)22(15-31)33-16-19/h5-6,13-14,16-17,32H,7-12H2,1-4H3. The Bertz CT molecular complexity index is 1300. The summed E-state index contributed by atoms with van der Waals surface area (Å²) in [5.74, 6) is 0.331. The highest BCUT2D eigenvalue weighted by Crippen LogP contribution is 2.41. The van der Waals surface area contributed by atoms with E-state index in [2.05, 4.69) is 15.2 Å². The lowest BCUT2D eigenvalue weighted by atomic mass is 9.98. The molecule has 2 aliphatic rings. The number of benzene rings is 1. The molecule has 39 heavy (non-hydrogen) atoms. The molecule has 2 fully saturated rings. The molecule has 3 heterocycles. The average Bonchev–Trinajstić information content (AvgIpc) is 3.07. The Hall–Kier alpha value is -3.27. The van der Waals surface area contributed by atoms with Crippen molar-refractivity contribution in [2.75, 3.05) is 49.1 Å². The van der Waals surface area contributed by atoms with Crippen LogP contribution < -0.4 is 19.9 Å². The first-order valence-electron chi connectivity index (χ1n) is 12.7. The number of rotatable bonds is 7. The molecule has 0 radical (unpaired) electrons. The van der Waals surface area contributed by atoms with E-state index < -0.39 is 28.9 Å². The number of alkyl halides is 3. The first-order valence-corrected chi connectivity index (χ1v) is 13.1. The minimum Gasteiger partial charge on any atom is -0.492 e. The summed E-state index contributed by atoms with van der Waals surface area (Å²) >= 11 is 5.65. The normalized spacial score (nSPS) is 18.1. The number of carbonyl (C=O) groups is 1. The second kappa shape index (κ2) is 11.1. The van der Waals surface area contributed by atoms with Crippen LogP contribution in [0.25, 0.3) is 0 Å². The molecule has 0 aliphatic carbocycles. The summed E-state index contributed by atoms with van der Waals surface area (Å²) in [4.78, 5) is 22.2. The fourth-order valence-corrected chi connectivity index (χ4v) is 5.34. The van der Waals surface area contributed by atoms with Gasteiger partial charge in [0.05, 0.1) is 17.4 Å². The molecule has 1 amide bonds. The zero-order valence-electron chi connectivity index (χ0n) is 22.3. The van der Waals surface area contributed by atoms with Crippen LogP contribution in [0.2, 0.25) is 0 Å². The first kappa shape index (κ1) is 28.7. The lowest BCUT2D eigenvalue weighted by molar-refractivity contribution is -0.138. The number of aromatic nitrogens is 1. The summed E-state index contributed by atoms with van der Waals surface area (Å²) in [7, 11) is 0. The minimum atomic E-state index is -4.82. The molecule has 0 spiro atoms. The van der Waals surface area contributed by atoms with Gasteiger partial charge in [-0.05, 0) is 61.8 Å². The molecular formula is C27H31F3N6O2S. The third-order valence-electron chi connectivity index (χ3n) is 6.96. The van der Waals surface area contributed by atoms with Gasteiger partial charge in [-0.3, -0.25) is 14.6 Å². The number of ether oxygens (including phenoxy) is 1. The van der Waals surface area contributed by atoms with Crippen molar-refractivity contribution in [3.8, 4) is 11.8 Å². The van der Waals surface area contributed by atoms with Crippen LogP contribution in [0.1, 0.15) is 50.4 Å². The quantitative estimate of drug-likeness (QED) is 0.502. The average molecular weight is 561 g/mol. The van der Waals surface area contributed by atoms with Crippen molar-refractivity contribution in [2.45, 2.75) is 45.3 Å². The number of carbonyl (C=O) groups excluding carboxylic acids is 1. The topological polar surface area (TPSA) is 84.7 Å². The van der Waals surface area contributed by atoms with Gasteiger partial charge < -0.3 is 15.0 Å². The van der Waals surface area contributed by atoms with Gasteiger partial charge in [0.2, 0.25) is 0 Å². The molecule has 0 atom stereocenters. The van der Waals surface area contributed by atoms with E-state index in [0.717, 1.165) is 61.2 Å². The molecule has 1 aromatic heterocycles. The Balaban J connectivity index is 1.63. The number of halogens is 3. The fraction of sp³-hybridized carbons (Fsp3) is 0.481. The van der Waals surface area contributed by atoms with E-state index in [9.17, 15) is 18.0 Å². The largest absolute Gasteiger partial charge is 0.492 e. The number of thiocarbonyl (C=S) groups is 1. The minimum absolute atomic E-state index is 0.0201. The summed E-state index contributed by atoms with van der Waals surface area (Å²) in [6.45, 7) is 12.6. The smallest absolute Gasteiger partial charge is 0.419 e. The van der Waals surface area contributed by atoms with Crippen LogP contribution in [0.5, 0.6) is 5.75 Å². The van der Waals surface area contributed by atoms with Crippen molar-refractivity contribution in [2.24, 2.45) is 0 Å². The van der Waals surface area contributed by atoms with Crippen LogP contribution in [0, 0.1) is 11.3 Å². The number of nitrogens with one attached hydrogen (secondary N) is 1. The summed E-state index contributed by atoms with van der Waals surface area (Å²) in [5, 5.41) is 12.4. The highest BCUT2D eigenvalue weighted by molar-refractivity contribution is 7.81. The van der Waals surface area contributed by atoms with E-state index >= 15 is 0 Å². The van der Waals surface area contributed by atoms with E-state index in [4.69, 9.17) is 22.2 Å². The second-order valence-corrected chi connectivity index (χ2v) is 10.7. The number of amides is 1. The third-order valence-corrected chi connectivity index (χ3v) is 7.32. The van der Waals surface area contributed by atoms with E-state index in [1.165, 1.54) is 6.07 Å². The number of hydrogen-bond acceptors (Lipinski definition) is 7. The lowest BCUT2D eigenvalue weighted by Crippen LogP contribution is -2.45. The number of nitriles is 1. The van der Waals surface area contributed by atoms with Gasteiger partial charge in [-0.2, -0.15) is 18.4 Å². The maximum atomic E-state index is 13.6. The number of nitrogens with zero attached hydrogens (tertiary/aromatic N) is 5. The van der Waals surface area contributed by atoms with Crippen molar-refractivity contribution in [1.29, 1.82) is 5.26 Å². The zero-order valence-corrected chi connectivity index (χ0v) is 23.1. The predicted octanol–water partition coefficient (Wildman–Crippen LogP) is 4.30. The molecule has 0 saturated carbocycles. The van der Waals surface area contributed by atoms with E-state index in [1.54, 1.807) is 24.8 Å². The van der Waals surface area contributed by atoms with E-state index in [-0.39, 0.29) is 16.7 Å². The molecule has 2 aromatic rings. The summed E-state index contributed by atoms with van der Waals surface area (Å²) in [6.07, 6.45) is -3.76.